The third-order valence-electron chi connectivity index (χ3n) is 3.57. The van der Waals surface area contributed by atoms with Gasteiger partial charge >= 0.3 is 0 Å². The van der Waals surface area contributed by atoms with Gasteiger partial charge in [-0.2, -0.15) is 0 Å². The van der Waals surface area contributed by atoms with Gasteiger partial charge in [-0.1, -0.05) is 0 Å². The van der Waals surface area contributed by atoms with Gasteiger partial charge in [0.25, 0.3) is 0 Å². The maximum Gasteiger partial charge on any atom is 0.247 e. The zero-order valence-corrected chi connectivity index (χ0v) is 13.0. The average Bonchev–Trinajstić information content (AvgIpc) is 2.77. The predicted molar refractivity (Wildman–Crippen MR) is 77.7 cm³/mol. The van der Waals surface area contributed by atoms with Crippen molar-refractivity contribution in [3.63, 3.8) is 0 Å². The minimum atomic E-state index is -3.59. The van der Waals surface area contributed by atoms with E-state index >= 15 is 0 Å². The van der Waals surface area contributed by atoms with Gasteiger partial charge in [-0.15, -0.1) is 11.3 Å². The molecule has 2 rings (SSSR count). The van der Waals surface area contributed by atoms with E-state index in [-0.39, 0.29) is 0 Å². The average molecular weight is 303 g/mol. The van der Waals surface area contributed by atoms with E-state index in [0.29, 0.717) is 16.8 Å². The standard InChI is InChI=1S/C12H21N3O2S2/c1-14(2)11-4-3-6-15(9-11)8-10-5-7-18-12(10)19(13,16)17/h5,7,11H,3-4,6,8-9H2,1-2H3,(H2,13,16,17). The molecule has 1 aromatic rings. The monoisotopic (exact) mass is 303 g/mol. The zero-order chi connectivity index (χ0) is 14.0. The van der Waals surface area contributed by atoms with Crippen LogP contribution in [0.5, 0.6) is 0 Å². The maximum atomic E-state index is 11.5. The molecule has 0 spiro atoms. The van der Waals surface area contributed by atoms with Crippen LogP contribution in [0.2, 0.25) is 0 Å². The fraction of sp³-hybridized carbons (Fsp3) is 0.667. The Morgan fingerprint density at radius 3 is 2.89 bits per heavy atom. The van der Waals surface area contributed by atoms with E-state index in [0.717, 1.165) is 25.1 Å². The Kier molecular flexibility index (Phi) is 4.62. The third kappa shape index (κ3) is 3.76. The van der Waals surface area contributed by atoms with Crippen LogP contribution in [-0.2, 0) is 16.6 Å². The van der Waals surface area contributed by atoms with Crippen molar-refractivity contribution in [1.82, 2.24) is 9.80 Å². The summed E-state index contributed by atoms with van der Waals surface area (Å²) in [4.78, 5) is 4.55. The van der Waals surface area contributed by atoms with Crippen molar-refractivity contribution in [1.29, 1.82) is 0 Å². The molecule has 0 aliphatic carbocycles. The summed E-state index contributed by atoms with van der Waals surface area (Å²) in [5.74, 6) is 0. The Morgan fingerprint density at radius 2 is 2.26 bits per heavy atom. The van der Waals surface area contributed by atoms with Crippen molar-refractivity contribution >= 4 is 21.4 Å². The summed E-state index contributed by atoms with van der Waals surface area (Å²) in [6.45, 7) is 2.66. The van der Waals surface area contributed by atoms with Gasteiger partial charge in [0.15, 0.2) is 0 Å². The molecular formula is C12H21N3O2S2. The van der Waals surface area contributed by atoms with Crippen LogP contribution >= 0.6 is 11.3 Å². The molecule has 1 aromatic heterocycles. The topological polar surface area (TPSA) is 66.6 Å². The number of nitrogens with zero attached hydrogens (tertiary/aromatic N) is 2. The number of primary sulfonamides is 1. The number of rotatable bonds is 4. The van der Waals surface area contributed by atoms with Gasteiger partial charge in [-0.05, 0) is 50.5 Å². The number of nitrogens with two attached hydrogens (primary N) is 1. The molecule has 0 saturated carbocycles. The molecule has 7 heteroatoms. The summed E-state index contributed by atoms with van der Waals surface area (Å²) < 4.78 is 23.3. The Labute approximate surface area is 119 Å². The Balaban J connectivity index is 2.08. The van der Waals surface area contributed by atoms with Crippen molar-refractivity contribution in [2.45, 2.75) is 29.6 Å². The van der Waals surface area contributed by atoms with E-state index in [1.807, 2.05) is 6.07 Å². The zero-order valence-electron chi connectivity index (χ0n) is 11.4. The highest BCUT2D eigenvalue weighted by Gasteiger charge is 2.23. The molecule has 19 heavy (non-hydrogen) atoms. The molecule has 1 aliphatic rings. The largest absolute Gasteiger partial charge is 0.305 e. The molecule has 1 atom stereocenters. The van der Waals surface area contributed by atoms with E-state index in [1.54, 1.807) is 5.38 Å². The van der Waals surface area contributed by atoms with Crippen LogP contribution in [0, 0.1) is 0 Å². The molecule has 0 radical (unpaired) electrons. The quantitative estimate of drug-likeness (QED) is 0.898. The molecule has 2 N–H and O–H groups in total. The number of sulfonamides is 1. The number of piperidine rings is 1. The number of hydrogen-bond donors (Lipinski definition) is 1. The van der Waals surface area contributed by atoms with Crippen LogP contribution < -0.4 is 5.14 Å². The van der Waals surface area contributed by atoms with Crippen molar-refractivity contribution in [3.05, 3.63) is 17.0 Å². The van der Waals surface area contributed by atoms with Gasteiger partial charge in [-0.3, -0.25) is 4.90 Å². The lowest BCUT2D eigenvalue weighted by atomic mass is 10.0. The summed E-state index contributed by atoms with van der Waals surface area (Å²) in [6, 6.07) is 2.41. The highest BCUT2D eigenvalue weighted by molar-refractivity contribution is 7.91. The van der Waals surface area contributed by atoms with Crippen LogP contribution in [0.1, 0.15) is 18.4 Å². The molecule has 0 bridgehead atoms. The molecule has 108 valence electrons. The number of likely N-dealkylation sites (tertiary alicyclic amines) is 1. The Morgan fingerprint density at radius 1 is 1.53 bits per heavy atom. The van der Waals surface area contributed by atoms with Gasteiger partial charge in [0, 0.05) is 19.1 Å². The molecule has 0 aromatic carbocycles. The van der Waals surface area contributed by atoms with Gasteiger partial charge in [0.1, 0.15) is 4.21 Å². The summed E-state index contributed by atoms with van der Waals surface area (Å²) in [7, 11) is 0.594. The predicted octanol–water partition coefficient (Wildman–Crippen LogP) is 0.922. The van der Waals surface area contributed by atoms with Crippen molar-refractivity contribution in [3.8, 4) is 0 Å². The van der Waals surface area contributed by atoms with Crippen molar-refractivity contribution in [2.24, 2.45) is 5.14 Å². The number of likely N-dealkylation sites (N-methyl/N-ethyl adjacent to an activating group) is 1. The first-order chi connectivity index (χ1) is 8.88. The van der Waals surface area contributed by atoms with Gasteiger partial charge < -0.3 is 4.90 Å². The van der Waals surface area contributed by atoms with Crippen LogP contribution in [0.4, 0.5) is 0 Å². The lowest BCUT2D eigenvalue weighted by Gasteiger charge is -2.36. The van der Waals surface area contributed by atoms with Crippen LogP contribution in [0.3, 0.4) is 0 Å². The van der Waals surface area contributed by atoms with Crippen LogP contribution in [0.25, 0.3) is 0 Å². The second-order valence-electron chi connectivity index (χ2n) is 5.27. The van der Waals surface area contributed by atoms with Gasteiger partial charge in [0.05, 0.1) is 0 Å². The van der Waals surface area contributed by atoms with Gasteiger partial charge in [-0.25, -0.2) is 13.6 Å². The number of thiophene rings is 1. The summed E-state index contributed by atoms with van der Waals surface area (Å²) in [5, 5.41) is 7.03. The van der Waals surface area contributed by atoms with Gasteiger partial charge in [0.2, 0.25) is 10.0 Å². The van der Waals surface area contributed by atoms with E-state index < -0.39 is 10.0 Å². The van der Waals surface area contributed by atoms with Crippen molar-refractivity contribution in [2.75, 3.05) is 27.2 Å². The molecule has 0 amide bonds. The van der Waals surface area contributed by atoms with Crippen molar-refractivity contribution < 1.29 is 8.42 Å². The highest BCUT2D eigenvalue weighted by Crippen LogP contribution is 2.24. The second-order valence-corrected chi connectivity index (χ2v) is 7.95. The molecule has 1 fully saturated rings. The van der Waals surface area contributed by atoms with E-state index in [1.165, 1.54) is 17.8 Å². The van der Waals surface area contributed by atoms with Crippen LogP contribution in [-0.4, -0.2) is 51.4 Å². The van der Waals surface area contributed by atoms with E-state index in [4.69, 9.17) is 5.14 Å². The minimum Gasteiger partial charge on any atom is -0.305 e. The molecular weight excluding hydrogens is 282 g/mol. The van der Waals surface area contributed by atoms with Crippen LogP contribution in [0.15, 0.2) is 15.7 Å². The molecule has 5 nitrogen and oxygen atoms in total. The van der Waals surface area contributed by atoms with E-state index in [9.17, 15) is 8.42 Å². The SMILES string of the molecule is CN(C)C1CCCN(Cc2ccsc2S(N)(=O)=O)C1. The minimum absolute atomic E-state index is 0.305. The molecule has 1 aliphatic heterocycles. The lowest BCUT2D eigenvalue weighted by molar-refractivity contribution is 0.127. The smallest absolute Gasteiger partial charge is 0.247 e. The fourth-order valence-electron chi connectivity index (χ4n) is 2.53. The Bertz CT molecular complexity index is 525. The summed E-state index contributed by atoms with van der Waals surface area (Å²) in [5.41, 5.74) is 0.826. The summed E-state index contributed by atoms with van der Waals surface area (Å²) in [6.07, 6.45) is 2.35. The summed E-state index contributed by atoms with van der Waals surface area (Å²) >= 11 is 1.20. The first-order valence-electron chi connectivity index (χ1n) is 6.36. The molecule has 2 heterocycles. The Hall–Kier alpha value is -0.470. The maximum absolute atomic E-state index is 11.5. The first-order valence-corrected chi connectivity index (χ1v) is 8.78. The molecule has 1 saturated heterocycles. The fourth-order valence-corrected chi connectivity index (χ4v) is 4.37. The highest BCUT2D eigenvalue weighted by atomic mass is 32.2. The normalized spacial score (nSPS) is 22.0. The molecule has 1 unspecified atom stereocenters. The van der Waals surface area contributed by atoms with E-state index in [2.05, 4.69) is 23.9 Å². The lowest BCUT2D eigenvalue weighted by Crippen LogP contribution is -2.44. The number of hydrogen-bond acceptors (Lipinski definition) is 5. The second kappa shape index (κ2) is 5.88. The first kappa shape index (κ1) is 14.9. The third-order valence-corrected chi connectivity index (χ3v) is 6.08.